The number of rotatable bonds is 3. The fourth-order valence-electron chi connectivity index (χ4n) is 3.25. The molecule has 2 aliphatic rings. The van der Waals surface area contributed by atoms with Gasteiger partial charge in [-0.1, -0.05) is 19.9 Å². The molecule has 1 unspecified atom stereocenters. The molecule has 1 amide bonds. The number of fused-ring (bicyclic) bond motifs is 1. The first-order valence-corrected chi connectivity index (χ1v) is 10.4. The van der Waals surface area contributed by atoms with Crippen molar-refractivity contribution in [2.75, 3.05) is 10.2 Å². The number of hydrogen-bond donors (Lipinski definition) is 1. The minimum absolute atomic E-state index is 0.102. The van der Waals surface area contributed by atoms with Crippen LogP contribution in [-0.2, 0) is 11.2 Å². The number of allylic oxidation sites excluding steroid dienone is 1. The molecule has 0 saturated heterocycles. The van der Waals surface area contributed by atoms with E-state index in [-0.39, 0.29) is 5.91 Å². The van der Waals surface area contributed by atoms with Crippen LogP contribution in [0.2, 0.25) is 0 Å². The molecule has 0 saturated carbocycles. The summed E-state index contributed by atoms with van der Waals surface area (Å²) in [6.45, 7) is 6.66. The molecule has 0 spiro atoms. The van der Waals surface area contributed by atoms with Crippen molar-refractivity contribution >= 4 is 39.8 Å². The van der Waals surface area contributed by atoms with E-state index in [0.717, 1.165) is 28.5 Å². The van der Waals surface area contributed by atoms with Crippen LogP contribution in [0.1, 0.15) is 32.8 Å². The topological polar surface area (TPSA) is 45.2 Å². The first-order chi connectivity index (χ1) is 12.0. The van der Waals surface area contributed by atoms with E-state index >= 15 is 0 Å². The van der Waals surface area contributed by atoms with Gasteiger partial charge in [0.25, 0.3) is 0 Å². The van der Waals surface area contributed by atoms with Crippen LogP contribution in [0.5, 0.6) is 0 Å². The van der Waals surface area contributed by atoms with Crippen LogP contribution in [0, 0.1) is 5.92 Å². The van der Waals surface area contributed by atoms with Crippen molar-refractivity contribution in [1.82, 2.24) is 4.98 Å². The number of nitrogens with one attached hydrogen (secondary N) is 1. The highest BCUT2D eigenvalue weighted by molar-refractivity contribution is 8.03. The normalized spacial score (nSPS) is 19.8. The number of aryl methyl sites for hydroxylation is 1. The molecule has 1 atom stereocenters. The van der Waals surface area contributed by atoms with Gasteiger partial charge in [0, 0.05) is 28.7 Å². The number of nitrogens with zero attached hydrogens (tertiary/aromatic N) is 2. The summed E-state index contributed by atoms with van der Waals surface area (Å²) in [6, 6.07) is 6.20. The van der Waals surface area contributed by atoms with Crippen molar-refractivity contribution in [3.63, 3.8) is 0 Å². The molecule has 1 aromatic carbocycles. The first kappa shape index (κ1) is 16.7. The molecular formula is C19H21N3OS2. The summed E-state index contributed by atoms with van der Waals surface area (Å²) >= 11 is 3.57. The second-order valence-electron chi connectivity index (χ2n) is 6.84. The molecule has 3 heterocycles. The highest BCUT2D eigenvalue weighted by atomic mass is 32.2. The van der Waals surface area contributed by atoms with Gasteiger partial charge in [-0.15, -0.1) is 23.1 Å². The summed E-state index contributed by atoms with van der Waals surface area (Å²) in [7, 11) is 0. The molecule has 6 heteroatoms. The third-order valence-electron chi connectivity index (χ3n) is 4.58. The molecule has 0 radical (unpaired) electrons. The van der Waals surface area contributed by atoms with Crippen LogP contribution in [0.3, 0.4) is 0 Å². The Hall–Kier alpha value is -1.79. The van der Waals surface area contributed by atoms with Crippen LogP contribution in [0.25, 0.3) is 11.3 Å². The smallest absolute Gasteiger partial charge is 0.224 e. The number of thioether (sulfide) groups is 1. The maximum absolute atomic E-state index is 11.5. The summed E-state index contributed by atoms with van der Waals surface area (Å²) in [6.07, 6.45) is 1.36. The predicted octanol–water partition coefficient (Wildman–Crippen LogP) is 5.09. The van der Waals surface area contributed by atoms with Crippen molar-refractivity contribution in [2.45, 2.75) is 39.0 Å². The Bertz CT molecular complexity index is 856. The van der Waals surface area contributed by atoms with E-state index in [4.69, 9.17) is 4.98 Å². The average Bonchev–Trinajstić information content (AvgIpc) is 3.20. The maximum atomic E-state index is 11.5. The minimum Gasteiger partial charge on any atom is -0.326 e. The van der Waals surface area contributed by atoms with Gasteiger partial charge in [0.15, 0.2) is 5.13 Å². The largest absolute Gasteiger partial charge is 0.326 e. The lowest BCUT2D eigenvalue weighted by Crippen LogP contribution is -2.31. The van der Waals surface area contributed by atoms with E-state index in [9.17, 15) is 4.79 Å². The van der Waals surface area contributed by atoms with Crippen molar-refractivity contribution < 1.29 is 4.79 Å². The van der Waals surface area contributed by atoms with Crippen molar-refractivity contribution in [3.8, 4) is 11.3 Å². The standard InChI is InChI=1S/C19H21N3OS2/c1-11(2)18-22(12(3)9-24-18)19-21-16(10-25-19)14-4-6-15-13(8-14)5-7-17(23)20-15/h4,6,8-11,18H,5,7H2,1-3H3,(H,20,23). The zero-order valence-electron chi connectivity index (χ0n) is 14.6. The summed E-state index contributed by atoms with van der Waals surface area (Å²) in [4.78, 5) is 18.8. The van der Waals surface area contributed by atoms with Gasteiger partial charge in [0.05, 0.1) is 11.1 Å². The molecule has 1 N–H and O–H groups in total. The average molecular weight is 372 g/mol. The monoisotopic (exact) mass is 371 g/mol. The Labute approximate surface area is 156 Å². The molecule has 0 fully saturated rings. The van der Waals surface area contributed by atoms with E-state index in [1.807, 2.05) is 23.9 Å². The number of hydrogen-bond acceptors (Lipinski definition) is 5. The van der Waals surface area contributed by atoms with Gasteiger partial charge in [-0.25, -0.2) is 4.98 Å². The van der Waals surface area contributed by atoms with Gasteiger partial charge in [-0.3, -0.25) is 4.79 Å². The molecule has 130 valence electrons. The molecule has 4 rings (SSSR count). The van der Waals surface area contributed by atoms with E-state index in [2.05, 4.69) is 47.8 Å². The molecule has 4 nitrogen and oxygen atoms in total. The Morgan fingerprint density at radius 3 is 2.96 bits per heavy atom. The fraction of sp³-hybridized carbons (Fsp3) is 0.368. The Kier molecular flexibility index (Phi) is 4.33. The number of carbonyl (C=O) groups excluding carboxylic acids is 1. The number of aromatic nitrogens is 1. The SMILES string of the molecule is CC1=CSC(C(C)C)N1c1nc(-c2ccc3c(c2)CCC(=O)N3)cs1. The van der Waals surface area contributed by atoms with Gasteiger partial charge < -0.3 is 10.2 Å². The minimum atomic E-state index is 0.102. The summed E-state index contributed by atoms with van der Waals surface area (Å²) < 4.78 is 0. The van der Waals surface area contributed by atoms with Crippen LogP contribution in [0.4, 0.5) is 10.8 Å². The number of anilines is 2. The van der Waals surface area contributed by atoms with Crippen molar-refractivity contribution in [1.29, 1.82) is 0 Å². The lowest BCUT2D eigenvalue weighted by atomic mass is 9.99. The quantitative estimate of drug-likeness (QED) is 0.816. The van der Waals surface area contributed by atoms with Crippen LogP contribution in [-0.4, -0.2) is 16.3 Å². The molecule has 25 heavy (non-hydrogen) atoms. The number of carbonyl (C=O) groups is 1. The van der Waals surface area contributed by atoms with Crippen molar-refractivity contribution in [2.24, 2.45) is 5.92 Å². The van der Waals surface area contributed by atoms with E-state index < -0.39 is 0 Å². The fourth-order valence-corrected chi connectivity index (χ4v) is 5.40. The van der Waals surface area contributed by atoms with Crippen LogP contribution in [0.15, 0.2) is 34.7 Å². The predicted molar refractivity (Wildman–Crippen MR) is 107 cm³/mol. The molecule has 0 aliphatic carbocycles. The lowest BCUT2D eigenvalue weighted by molar-refractivity contribution is -0.116. The van der Waals surface area contributed by atoms with Gasteiger partial charge in [0.1, 0.15) is 0 Å². The highest BCUT2D eigenvalue weighted by Crippen LogP contribution is 2.41. The Morgan fingerprint density at radius 2 is 2.16 bits per heavy atom. The van der Waals surface area contributed by atoms with E-state index in [0.29, 0.717) is 17.7 Å². The zero-order chi connectivity index (χ0) is 17.6. The second-order valence-corrected chi connectivity index (χ2v) is 8.66. The lowest BCUT2D eigenvalue weighted by Gasteiger charge is -2.27. The molecule has 2 aliphatic heterocycles. The van der Waals surface area contributed by atoms with E-state index in [1.54, 1.807) is 11.3 Å². The van der Waals surface area contributed by atoms with Gasteiger partial charge in [-0.2, -0.15) is 0 Å². The van der Waals surface area contributed by atoms with Crippen LogP contribution < -0.4 is 10.2 Å². The summed E-state index contributed by atoms with van der Waals surface area (Å²) in [5.74, 6) is 0.656. The molecule has 0 bridgehead atoms. The zero-order valence-corrected chi connectivity index (χ0v) is 16.2. The Balaban J connectivity index is 1.63. The number of amides is 1. The second kappa shape index (κ2) is 6.50. The van der Waals surface area contributed by atoms with Crippen LogP contribution >= 0.6 is 23.1 Å². The third-order valence-corrected chi connectivity index (χ3v) is 6.93. The molecular weight excluding hydrogens is 350 g/mol. The summed E-state index contributed by atoms with van der Waals surface area (Å²) in [5, 5.41) is 8.77. The molecule has 2 aromatic rings. The van der Waals surface area contributed by atoms with Gasteiger partial charge in [-0.05, 0) is 42.4 Å². The first-order valence-electron chi connectivity index (χ1n) is 8.53. The molecule has 1 aromatic heterocycles. The van der Waals surface area contributed by atoms with Gasteiger partial charge in [0.2, 0.25) is 5.91 Å². The Morgan fingerprint density at radius 1 is 1.32 bits per heavy atom. The third kappa shape index (κ3) is 3.09. The summed E-state index contributed by atoms with van der Waals surface area (Å²) in [5.41, 5.74) is 5.51. The highest BCUT2D eigenvalue weighted by Gasteiger charge is 2.30. The number of thiazole rings is 1. The number of benzene rings is 1. The van der Waals surface area contributed by atoms with Gasteiger partial charge >= 0.3 is 0 Å². The van der Waals surface area contributed by atoms with Crippen molar-refractivity contribution in [3.05, 3.63) is 40.2 Å². The van der Waals surface area contributed by atoms with E-state index in [1.165, 1.54) is 11.3 Å². The maximum Gasteiger partial charge on any atom is 0.224 e.